The van der Waals surface area contributed by atoms with E-state index in [0.29, 0.717) is 12.5 Å². The van der Waals surface area contributed by atoms with Crippen LogP contribution in [-0.4, -0.2) is 15.3 Å². The van der Waals surface area contributed by atoms with Gasteiger partial charge in [0.15, 0.2) is 5.78 Å². The molecule has 0 saturated heterocycles. The molecule has 1 aliphatic heterocycles. The third-order valence-corrected chi connectivity index (χ3v) is 2.22. The number of hydrogen-bond donors (Lipinski definition) is 0. The van der Waals surface area contributed by atoms with Gasteiger partial charge in [-0.2, -0.15) is 0 Å². The summed E-state index contributed by atoms with van der Waals surface area (Å²) in [6, 6.07) is 0.435. The van der Waals surface area contributed by atoms with E-state index in [1.165, 1.54) is 0 Å². The zero-order chi connectivity index (χ0) is 7.84. The fourth-order valence-electron chi connectivity index (χ4n) is 1.48. The summed E-state index contributed by atoms with van der Waals surface area (Å²) >= 11 is 0. The van der Waals surface area contributed by atoms with E-state index in [1.54, 1.807) is 12.5 Å². The minimum Gasteiger partial charge on any atom is -0.325 e. The van der Waals surface area contributed by atoms with Crippen molar-refractivity contribution in [1.29, 1.82) is 0 Å². The fraction of sp³-hybridized carbons (Fsp3) is 0.500. The molecule has 0 radical (unpaired) electrons. The number of fused-ring (bicyclic) bond motifs is 1. The van der Waals surface area contributed by atoms with Crippen molar-refractivity contribution in [1.82, 2.24) is 9.55 Å². The highest BCUT2D eigenvalue weighted by molar-refractivity contribution is 5.94. The van der Waals surface area contributed by atoms with Crippen molar-refractivity contribution < 1.29 is 4.79 Å². The number of nitrogens with zero attached hydrogens (tertiary/aromatic N) is 2. The average molecular weight is 150 g/mol. The van der Waals surface area contributed by atoms with Gasteiger partial charge in [0.2, 0.25) is 0 Å². The molecular weight excluding hydrogens is 140 g/mol. The molecule has 0 N–H and O–H groups in total. The van der Waals surface area contributed by atoms with E-state index in [-0.39, 0.29) is 5.78 Å². The maximum absolute atomic E-state index is 11.2. The fourth-order valence-corrected chi connectivity index (χ4v) is 1.48. The van der Waals surface area contributed by atoms with Crippen molar-refractivity contribution in [3.8, 4) is 0 Å². The minimum atomic E-state index is 0.223. The maximum Gasteiger partial charge on any atom is 0.180 e. The van der Waals surface area contributed by atoms with Gasteiger partial charge in [-0.15, -0.1) is 0 Å². The van der Waals surface area contributed by atoms with Crippen LogP contribution in [0.15, 0.2) is 12.5 Å². The monoisotopic (exact) mass is 150 g/mol. The highest BCUT2D eigenvalue weighted by Gasteiger charge is 2.21. The normalized spacial score (nSPS) is 23.4. The van der Waals surface area contributed by atoms with Gasteiger partial charge in [0.1, 0.15) is 5.69 Å². The summed E-state index contributed by atoms with van der Waals surface area (Å²) in [5.41, 5.74) is 0.767. The molecule has 0 aliphatic carbocycles. The Morgan fingerprint density at radius 1 is 1.73 bits per heavy atom. The van der Waals surface area contributed by atoms with Crippen LogP contribution in [0, 0.1) is 0 Å². The molecule has 2 heterocycles. The molecule has 11 heavy (non-hydrogen) atoms. The molecule has 1 aromatic heterocycles. The SMILES string of the molecule is CC1CCC(=O)c2cncn21. The van der Waals surface area contributed by atoms with Gasteiger partial charge in [0.25, 0.3) is 0 Å². The first-order valence-electron chi connectivity index (χ1n) is 3.84. The van der Waals surface area contributed by atoms with Crippen LogP contribution >= 0.6 is 0 Å². The summed E-state index contributed by atoms with van der Waals surface area (Å²) in [6.07, 6.45) is 5.00. The Morgan fingerprint density at radius 2 is 2.55 bits per heavy atom. The summed E-state index contributed by atoms with van der Waals surface area (Å²) in [6.45, 7) is 2.11. The predicted octanol–water partition coefficient (Wildman–Crippen LogP) is 1.42. The molecule has 0 aromatic carbocycles. The molecule has 0 saturated carbocycles. The maximum atomic E-state index is 11.2. The lowest BCUT2D eigenvalue weighted by Crippen LogP contribution is -2.18. The molecule has 0 spiro atoms. The summed E-state index contributed by atoms with van der Waals surface area (Å²) in [5.74, 6) is 0.223. The van der Waals surface area contributed by atoms with Gasteiger partial charge in [-0.1, -0.05) is 0 Å². The molecule has 3 nitrogen and oxygen atoms in total. The molecule has 0 bridgehead atoms. The van der Waals surface area contributed by atoms with Crippen molar-refractivity contribution in [2.24, 2.45) is 0 Å². The first-order chi connectivity index (χ1) is 5.29. The largest absolute Gasteiger partial charge is 0.325 e. The van der Waals surface area contributed by atoms with Gasteiger partial charge in [-0.3, -0.25) is 4.79 Å². The number of imidazole rings is 1. The Kier molecular flexibility index (Phi) is 1.31. The molecule has 0 amide bonds. The molecule has 1 unspecified atom stereocenters. The summed E-state index contributed by atoms with van der Waals surface area (Å²) < 4.78 is 1.95. The van der Waals surface area contributed by atoms with Crippen LogP contribution in [0.4, 0.5) is 0 Å². The highest BCUT2D eigenvalue weighted by atomic mass is 16.1. The quantitative estimate of drug-likeness (QED) is 0.560. The summed E-state index contributed by atoms with van der Waals surface area (Å²) in [7, 11) is 0. The number of hydrogen-bond acceptors (Lipinski definition) is 2. The minimum absolute atomic E-state index is 0.223. The van der Waals surface area contributed by atoms with Gasteiger partial charge >= 0.3 is 0 Å². The number of carbonyl (C=O) groups excluding carboxylic acids is 1. The summed E-state index contributed by atoms with van der Waals surface area (Å²) in [5, 5.41) is 0. The molecular formula is C8H10N2O. The van der Waals surface area contributed by atoms with Crippen LogP contribution in [0.5, 0.6) is 0 Å². The molecule has 2 rings (SSSR count). The smallest absolute Gasteiger partial charge is 0.180 e. The third kappa shape index (κ3) is 0.878. The number of rotatable bonds is 0. The van der Waals surface area contributed by atoms with Crippen molar-refractivity contribution >= 4 is 5.78 Å². The Hall–Kier alpha value is -1.12. The van der Waals surface area contributed by atoms with E-state index in [1.807, 2.05) is 4.57 Å². The van der Waals surface area contributed by atoms with E-state index in [0.717, 1.165) is 12.1 Å². The highest BCUT2D eigenvalue weighted by Crippen LogP contribution is 2.22. The lowest BCUT2D eigenvalue weighted by Gasteiger charge is -2.20. The van der Waals surface area contributed by atoms with Gasteiger partial charge < -0.3 is 4.57 Å². The van der Waals surface area contributed by atoms with Crippen molar-refractivity contribution in [2.75, 3.05) is 0 Å². The Morgan fingerprint density at radius 3 is 3.27 bits per heavy atom. The van der Waals surface area contributed by atoms with E-state index >= 15 is 0 Å². The standard InChI is InChI=1S/C8H10N2O/c1-6-2-3-8(11)7-4-9-5-10(6)7/h4-6H,2-3H2,1H3. The molecule has 58 valence electrons. The Labute approximate surface area is 65.1 Å². The van der Waals surface area contributed by atoms with E-state index in [9.17, 15) is 4.79 Å². The predicted molar refractivity (Wildman–Crippen MR) is 40.5 cm³/mol. The molecule has 1 atom stereocenters. The molecule has 1 aromatic rings. The van der Waals surface area contributed by atoms with Gasteiger partial charge in [-0.05, 0) is 13.3 Å². The first kappa shape index (κ1) is 6.58. The second-order valence-corrected chi connectivity index (χ2v) is 3.00. The van der Waals surface area contributed by atoms with Crippen molar-refractivity contribution in [3.05, 3.63) is 18.2 Å². The van der Waals surface area contributed by atoms with Crippen LogP contribution in [0.3, 0.4) is 0 Å². The Balaban J connectivity index is 2.51. The zero-order valence-corrected chi connectivity index (χ0v) is 6.45. The van der Waals surface area contributed by atoms with Gasteiger partial charge in [0.05, 0.1) is 12.5 Å². The third-order valence-electron chi connectivity index (χ3n) is 2.22. The van der Waals surface area contributed by atoms with Crippen molar-refractivity contribution in [2.45, 2.75) is 25.8 Å². The van der Waals surface area contributed by atoms with Crippen LogP contribution in [0.2, 0.25) is 0 Å². The van der Waals surface area contributed by atoms with Gasteiger partial charge in [0, 0.05) is 12.5 Å². The zero-order valence-electron chi connectivity index (χ0n) is 6.45. The van der Waals surface area contributed by atoms with E-state index in [2.05, 4.69) is 11.9 Å². The lowest BCUT2D eigenvalue weighted by molar-refractivity contribution is 0.0945. The molecule has 0 fully saturated rings. The van der Waals surface area contributed by atoms with Crippen LogP contribution in [-0.2, 0) is 0 Å². The van der Waals surface area contributed by atoms with E-state index in [4.69, 9.17) is 0 Å². The lowest BCUT2D eigenvalue weighted by atomic mass is 10.0. The second kappa shape index (κ2) is 2.19. The van der Waals surface area contributed by atoms with Crippen LogP contribution < -0.4 is 0 Å². The molecule has 1 aliphatic rings. The van der Waals surface area contributed by atoms with Crippen LogP contribution in [0.25, 0.3) is 0 Å². The van der Waals surface area contributed by atoms with Gasteiger partial charge in [-0.25, -0.2) is 4.98 Å². The van der Waals surface area contributed by atoms with Crippen LogP contribution in [0.1, 0.15) is 36.3 Å². The summed E-state index contributed by atoms with van der Waals surface area (Å²) in [4.78, 5) is 15.2. The number of ketones is 1. The first-order valence-corrected chi connectivity index (χ1v) is 3.84. The topological polar surface area (TPSA) is 34.9 Å². The van der Waals surface area contributed by atoms with Crippen molar-refractivity contribution in [3.63, 3.8) is 0 Å². The Bertz CT molecular complexity index is 290. The molecule has 3 heteroatoms. The number of aromatic nitrogens is 2. The number of Topliss-reactive ketones (excluding diaryl/α,β-unsaturated/α-hetero) is 1. The van der Waals surface area contributed by atoms with E-state index < -0.39 is 0 Å². The number of carbonyl (C=O) groups is 1. The average Bonchev–Trinajstić information content (AvgIpc) is 2.45. The second-order valence-electron chi connectivity index (χ2n) is 3.00.